The number of hydrogen-bond acceptors (Lipinski definition) is 4. The number of aromatic nitrogens is 4. The molecule has 0 aliphatic carbocycles. The molecule has 0 radical (unpaired) electrons. The van der Waals surface area contributed by atoms with Crippen LogP contribution in [0.1, 0.15) is 41.6 Å². The van der Waals surface area contributed by atoms with Crippen LogP contribution in [0.25, 0.3) is 33.4 Å². The Balaban J connectivity index is 1.70. The molecule has 6 heteroatoms. The number of nitrogens with one attached hydrogen (secondary N) is 2. The third kappa shape index (κ3) is 5.98. The highest BCUT2D eigenvalue weighted by Crippen LogP contribution is 2.34. The van der Waals surface area contributed by atoms with E-state index in [9.17, 15) is 0 Å². The predicted octanol–water partition coefficient (Wildman–Crippen LogP) is 7.80. The molecule has 0 aliphatic heterocycles. The van der Waals surface area contributed by atoms with Gasteiger partial charge < -0.3 is 9.88 Å². The van der Waals surface area contributed by atoms with Crippen molar-refractivity contribution >= 4 is 33.4 Å². The molecule has 5 nitrogen and oxygen atoms in total. The maximum Gasteiger partial charge on any atom is 0.116 e. The maximum absolute atomic E-state index is 4.73. The van der Waals surface area contributed by atoms with Gasteiger partial charge in [-0.15, -0.1) is 11.3 Å². The molecule has 0 saturated carbocycles. The number of hydrogen-bond donors (Lipinski definition) is 2. The summed E-state index contributed by atoms with van der Waals surface area (Å²) in [5.41, 5.74) is 9.35. The molecule has 4 rings (SSSR count). The van der Waals surface area contributed by atoms with Crippen molar-refractivity contribution in [2.45, 2.75) is 26.7 Å². The third-order valence-electron chi connectivity index (χ3n) is 6.36. The topological polar surface area (TPSA) is 60.6 Å². The van der Waals surface area contributed by atoms with Gasteiger partial charge in [-0.2, -0.15) is 5.10 Å². The van der Waals surface area contributed by atoms with Gasteiger partial charge in [0, 0.05) is 27.1 Å². The van der Waals surface area contributed by atoms with Crippen LogP contribution in [0.2, 0.25) is 0 Å². The highest BCUT2D eigenvalue weighted by atomic mass is 32.1. The maximum atomic E-state index is 4.73. The van der Waals surface area contributed by atoms with E-state index in [2.05, 4.69) is 102 Å². The number of pyridine rings is 1. The summed E-state index contributed by atoms with van der Waals surface area (Å²) in [6, 6.07) is 8.51. The van der Waals surface area contributed by atoms with Gasteiger partial charge in [0.05, 0.1) is 23.1 Å². The quantitative estimate of drug-likeness (QED) is 0.203. The van der Waals surface area contributed by atoms with Crippen molar-refractivity contribution in [1.29, 1.82) is 0 Å². The first-order chi connectivity index (χ1) is 17.9. The summed E-state index contributed by atoms with van der Waals surface area (Å²) < 4.78 is 0. The molecule has 2 N–H and O–H groups in total. The predicted molar refractivity (Wildman–Crippen MR) is 160 cm³/mol. The van der Waals surface area contributed by atoms with E-state index in [4.69, 9.17) is 4.98 Å². The molecule has 0 spiro atoms. The van der Waals surface area contributed by atoms with Gasteiger partial charge in [0.15, 0.2) is 0 Å². The van der Waals surface area contributed by atoms with Crippen molar-refractivity contribution in [2.24, 2.45) is 0 Å². The lowest BCUT2D eigenvalue weighted by atomic mass is 10.0. The molecule has 4 aromatic heterocycles. The fraction of sp³-hybridized carbons (Fsp3) is 0.226. The Hall–Kier alpha value is -3.74. The molecular formula is C31H35N5S. The van der Waals surface area contributed by atoms with Crippen LogP contribution in [0.5, 0.6) is 0 Å². The Morgan fingerprint density at radius 2 is 2.05 bits per heavy atom. The van der Waals surface area contributed by atoms with E-state index in [0.717, 1.165) is 69.8 Å². The molecule has 4 heterocycles. The molecular weight excluding hydrogens is 474 g/mol. The first-order valence-electron chi connectivity index (χ1n) is 12.5. The number of aromatic amines is 2. The Morgan fingerprint density at radius 3 is 2.73 bits per heavy atom. The van der Waals surface area contributed by atoms with E-state index in [1.165, 1.54) is 10.5 Å². The minimum absolute atomic E-state index is 0.881. The zero-order chi connectivity index (χ0) is 26.4. The van der Waals surface area contributed by atoms with Crippen molar-refractivity contribution in [3.05, 3.63) is 107 Å². The van der Waals surface area contributed by atoms with Crippen LogP contribution in [0.4, 0.5) is 0 Å². The second-order valence-electron chi connectivity index (χ2n) is 9.28. The third-order valence-corrected chi connectivity index (χ3v) is 7.26. The van der Waals surface area contributed by atoms with Crippen LogP contribution >= 0.6 is 11.3 Å². The molecule has 0 aromatic carbocycles. The van der Waals surface area contributed by atoms with Crippen LogP contribution in [0.3, 0.4) is 0 Å². The molecule has 0 aliphatic rings. The molecule has 0 amide bonds. The Labute approximate surface area is 223 Å². The molecule has 0 bridgehead atoms. The van der Waals surface area contributed by atoms with Gasteiger partial charge in [0.25, 0.3) is 0 Å². The van der Waals surface area contributed by atoms with E-state index >= 15 is 0 Å². The van der Waals surface area contributed by atoms with Gasteiger partial charge in [-0.1, -0.05) is 43.5 Å². The van der Waals surface area contributed by atoms with Gasteiger partial charge >= 0.3 is 0 Å². The minimum atomic E-state index is 0.881. The van der Waals surface area contributed by atoms with Crippen molar-refractivity contribution < 1.29 is 0 Å². The summed E-state index contributed by atoms with van der Waals surface area (Å²) in [6.45, 7) is 13.2. The smallest absolute Gasteiger partial charge is 0.116 e. The molecule has 0 unspecified atom stereocenters. The number of H-pyrrole nitrogens is 2. The number of rotatable bonds is 11. The van der Waals surface area contributed by atoms with Crippen LogP contribution in [0.15, 0.2) is 85.0 Å². The zero-order valence-corrected chi connectivity index (χ0v) is 23.0. The van der Waals surface area contributed by atoms with Gasteiger partial charge in [-0.05, 0) is 88.1 Å². The van der Waals surface area contributed by atoms with Crippen LogP contribution in [-0.2, 0) is 0 Å². The lowest BCUT2D eigenvalue weighted by Crippen LogP contribution is -2.12. The minimum Gasteiger partial charge on any atom is -0.357 e. The number of thiophene rings is 1. The summed E-state index contributed by atoms with van der Waals surface area (Å²) in [4.78, 5) is 11.7. The highest BCUT2D eigenvalue weighted by molar-refractivity contribution is 7.11. The van der Waals surface area contributed by atoms with Gasteiger partial charge in [0.2, 0.25) is 0 Å². The summed E-state index contributed by atoms with van der Waals surface area (Å²) in [6.07, 6.45) is 14.1. The number of fused-ring (bicyclic) bond motifs is 1. The van der Waals surface area contributed by atoms with Crippen LogP contribution in [-0.4, -0.2) is 45.7 Å². The second-order valence-corrected chi connectivity index (χ2v) is 10.2. The zero-order valence-electron chi connectivity index (χ0n) is 22.1. The van der Waals surface area contributed by atoms with Gasteiger partial charge in [-0.25, -0.2) is 0 Å². The van der Waals surface area contributed by atoms with E-state index in [1.807, 2.05) is 25.3 Å². The Kier molecular flexibility index (Phi) is 8.54. The Morgan fingerprint density at radius 1 is 1.22 bits per heavy atom. The summed E-state index contributed by atoms with van der Waals surface area (Å²) in [5, 5.41) is 10.9. The SMILES string of the molecule is C=C/C=C(/c1cccs1)c1cc(-c2n[nH]c3cnc(C(/C=C(\C=C)CCCN(C)C)=C/C)cc23)[nH]c1C. The molecule has 190 valence electrons. The largest absolute Gasteiger partial charge is 0.357 e. The first-order valence-corrected chi connectivity index (χ1v) is 13.4. The van der Waals surface area contributed by atoms with Crippen molar-refractivity contribution in [2.75, 3.05) is 20.6 Å². The average Bonchev–Trinajstić information content (AvgIpc) is 3.64. The summed E-state index contributed by atoms with van der Waals surface area (Å²) >= 11 is 1.72. The lowest BCUT2D eigenvalue weighted by molar-refractivity contribution is 0.400. The number of aryl methyl sites for hydroxylation is 1. The van der Waals surface area contributed by atoms with Crippen molar-refractivity contribution in [3.8, 4) is 11.4 Å². The van der Waals surface area contributed by atoms with Crippen molar-refractivity contribution in [3.63, 3.8) is 0 Å². The van der Waals surface area contributed by atoms with E-state index in [-0.39, 0.29) is 0 Å². The Bertz CT molecular complexity index is 1480. The normalized spacial score (nSPS) is 13.1. The highest BCUT2D eigenvalue weighted by Gasteiger charge is 2.17. The van der Waals surface area contributed by atoms with E-state index < -0.39 is 0 Å². The van der Waals surface area contributed by atoms with Gasteiger partial charge in [-0.3, -0.25) is 10.1 Å². The average molecular weight is 510 g/mol. The fourth-order valence-corrected chi connectivity index (χ4v) is 5.20. The monoisotopic (exact) mass is 509 g/mol. The molecule has 0 atom stereocenters. The summed E-state index contributed by atoms with van der Waals surface area (Å²) in [5.74, 6) is 0. The number of allylic oxidation sites excluding steroid dienone is 7. The summed E-state index contributed by atoms with van der Waals surface area (Å²) in [7, 11) is 4.20. The van der Waals surface area contributed by atoms with Crippen LogP contribution < -0.4 is 0 Å². The van der Waals surface area contributed by atoms with Crippen molar-refractivity contribution in [1.82, 2.24) is 25.1 Å². The molecule has 0 saturated heterocycles. The standard InChI is InChI=1S/C31H35N5S/c1-7-12-24(30-14-11-16-37-30)25-18-28(33-21(25)4)31-26-19-27(32-20-29(26)34-35-31)23(9-3)17-22(8-2)13-10-15-36(5)6/h7-9,11-12,14,16-20,33H,1-2,10,13,15H2,3-6H3,(H,34,35)/b22-17+,23-9+,24-12+. The number of nitrogens with zero attached hydrogens (tertiary/aromatic N) is 3. The van der Waals surface area contributed by atoms with Crippen LogP contribution in [0, 0.1) is 6.92 Å². The van der Waals surface area contributed by atoms with Gasteiger partial charge in [0.1, 0.15) is 5.69 Å². The second kappa shape index (κ2) is 12.0. The van der Waals surface area contributed by atoms with E-state index in [0.29, 0.717) is 0 Å². The molecule has 0 fully saturated rings. The van der Waals surface area contributed by atoms with E-state index in [1.54, 1.807) is 11.3 Å². The lowest BCUT2D eigenvalue weighted by Gasteiger charge is -2.10. The fourth-order valence-electron chi connectivity index (χ4n) is 4.44. The first kappa shape index (κ1) is 26.3. The molecule has 37 heavy (non-hydrogen) atoms. The molecule has 4 aromatic rings.